The van der Waals surface area contributed by atoms with Gasteiger partial charge < -0.3 is 19.1 Å². The van der Waals surface area contributed by atoms with E-state index in [0.29, 0.717) is 17.1 Å². The smallest absolute Gasteiger partial charge is 0.349 e. The second-order valence-corrected chi connectivity index (χ2v) is 8.06. The molecular weight excluding hydrogens is 408 g/mol. The summed E-state index contributed by atoms with van der Waals surface area (Å²) in [5.41, 5.74) is 2.99. The normalized spacial score (nSPS) is 17.1. The first-order valence-electron chi connectivity index (χ1n) is 10.1. The molecule has 0 saturated carbocycles. The summed E-state index contributed by atoms with van der Waals surface area (Å²) in [6, 6.07) is 14.8. The highest BCUT2D eigenvalue weighted by Gasteiger charge is 2.38. The first kappa shape index (κ1) is 21.2. The van der Waals surface area contributed by atoms with Crippen LogP contribution < -0.4 is 14.4 Å². The molecule has 0 bridgehead atoms. The summed E-state index contributed by atoms with van der Waals surface area (Å²) in [5, 5.41) is 9.37. The van der Waals surface area contributed by atoms with Gasteiger partial charge in [0.1, 0.15) is 11.6 Å². The Labute approximate surface area is 186 Å². The van der Waals surface area contributed by atoms with Gasteiger partial charge >= 0.3 is 5.97 Å². The van der Waals surface area contributed by atoms with Crippen molar-refractivity contribution in [2.45, 2.75) is 19.3 Å². The molecule has 0 amide bonds. The van der Waals surface area contributed by atoms with Crippen molar-refractivity contribution >= 4 is 23.5 Å². The Morgan fingerprint density at radius 2 is 1.94 bits per heavy atom. The van der Waals surface area contributed by atoms with Crippen LogP contribution in [0.3, 0.4) is 0 Å². The number of hydrogen-bond acceptors (Lipinski definition) is 7. The molecule has 32 heavy (non-hydrogen) atoms. The molecule has 2 heterocycles. The zero-order valence-electron chi connectivity index (χ0n) is 18.0. The first-order chi connectivity index (χ1) is 15.3. The van der Waals surface area contributed by atoms with Gasteiger partial charge in [-0.25, -0.2) is 4.79 Å². The van der Waals surface area contributed by atoms with E-state index in [9.17, 15) is 14.9 Å². The third kappa shape index (κ3) is 3.83. The number of rotatable bonds is 5. The van der Waals surface area contributed by atoms with Crippen molar-refractivity contribution in [3.05, 3.63) is 70.9 Å². The fourth-order valence-electron chi connectivity index (χ4n) is 3.97. The van der Waals surface area contributed by atoms with Crippen LogP contribution in [0.15, 0.2) is 59.8 Å². The SMILES string of the molecule is CN1/C(=C\C(=O)COC(=O)/C(C#N)=C/c2ccc3c(c2)OCO3)C(C)(C)c2ccccc21. The Morgan fingerprint density at radius 3 is 2.69 bits per heavy atom. The quantitative estimate of drug-likeness (QED) is 0.405. The first-order valence-corrected chi connectivity index (χ1v) is 10.1. The van der Waals surface area contributed by atoms with Crippen LogP contribution >= 0.6 is 0 Å². The van der Waals surface area contributed by atoms with Crippen molar-refractivity contribution in [1.29, 1.82) is 5.26 Å². The van der Waals surface area contributed by atoms with Gasteiger partial charge in [0.25, 0.3) is 0 Å². The van der Waals surface area contributed by atoms with Gasteiger partial charge in [-0.2, -0.15) is 5.26 Å². The maximum atomic E-state index is 12.6. The summed E-state index contributed by atoms with van der Waals surface area (Å²) in [7, 11) is 1.90. The topological polar surface area (TPSA) is 88.9 Å². The molecule has 2 aliphatic heterocycles. The standard InChI is InChI=1S/C25H22N2O5/c1-25(2)19-6-4-5-7-20(19)27(3)23(25)12-18(28)14-30-24(29)17(13-26)10-16-8-9-21-22(11-16)32-15-31-21/h4-12H,14-15H2,1-3H3/b17-10+,23-12-. The van der Waals surface area contributed by atoms with E-state index in [4.69, 9.17) is 14.2 Å². The van der Waals surface area contributed by atoms with E-state index in [1.54, 1.807) is 18.2 Å². The van der Waals surface area contributed by atoms with Crippen LogP contribution in [0.2, 0.25) is 0 Å². The summed E-state index contributed by atoms with van der Waals surface area (Å²) in [6.07, 6.45) is 2.89. The second-order valence-electron chi connectivity index (χ2n) is 8.06. The zero-order chi connectivity index (χ0) is 22.9. The third-order valence-electron chi connectivity index (χ3n) is 5.63. The average Bonchev–Trinajstić information content (AvgIpc) is 3.33. The zero-order valence-corrected chi connectivity index (χ0v) is 18.0. The van der Waals surface area contributed by atoms with E-state index >= 15 is 0 Å². The number of carbonyl (C=O) groups excluding carboxylic acids is 2. The number of hydrogen-bond donors (Lipinski definition) is 0. The highest BCUT2D eigenvalue weighted by Crippen LogP contribution is 2.46. The second kappa shape index (κ2) is 8.23. The van der Waals surface area contributed by atoms with Crippen LogP contribution in [-0.4, -0.2) is 32.2 Å². The molecule has 0 spiro atoms. The Morgan fingerprint density at radius 1 is 1.19 bits per heavy atom. The molecule has 2 aliphatic rings. The number of benzene rings is 2. The molecule has 4 rings (SSSR count). The molecule has 0 saturated heterocycles. The number of nitriles is 1. The maximum absolute atomic E-state index is 12.6. The monoisotopic (exact) mass is 430 g/mol. The van der Waals surface area contributed by atoms with Crippen molar-refractivity contribution < 1.29 is 23.8 Å². The number of ether oxygens (including phenoxy) is 3. The van der Waals surface area contributed by atoms with Crippen LogP contribution in [0.25, 0.3) is 6.08 Å². The van der Waals surface area contributed by atoms with E-state index in [2.05, 4.69) is 0 Å². The van der Waals surface area contributed by atoms with Crippen molar-refractivity contribution in [2.75, 3.05) is 25.3 Å². The number of likely N-dealkylation sites (N-methyl/N-ethyl adjacent to an activating group) is 1. The van der Waals surface area contributed by atoms with Crippen molar-refractivity contribution in [3.63, 3.8) is 0 Å². The van der Waals surface area contributed by atoms with Crippen LogP contribution in [0.5, 0.6) is 11.5 Å². The summed E-state index contributed by atoms with van der Waals surface area (Å²) in [5.74, 6) is -0.0833. The van der Waals surface area contributed by atoms with Crippen molar-refractivity contribution in [1.82, 2.24) is 0 Å². The summed E-state index contributed by atoms with van der Waals surface area (Å²) >= 11 is 0. The minimum absolute atomic E-state index is 0.129. The van der Waals surface area contributed by atoms with E-state index < -0.39 is 12.6 Å². The summed E-state index contributed by atoms with van der Waals surface area (Å²) in [4.78, 5) is 26.9. The summed E-state index contributed by atoms with van der Waals surface area (Å²) < 4.78 is 15.7. The predicted molar refractivity (Wildman–Crippen MR) is 118 cm³/mol. The number of carbonyl (C=O) groups is 2. The number of esters is 1. The number of allylic oxidation sites excluding steroid dienone is 1. The van der Waals surface area contributed by atoms with Gasteiger partial charge in [0, 0.05) is 29.9 Å². The molecule has 2 aromatic carbocycles. The Balaban J connectivity index is 1.44. The van der Waals surface area contributed by atoms with Gasteiger partial charge in [-0.05, 0) is 35.4 Å². The van der Waals surface area contributed by atoms with Gasteiger partial charge in [-0.3, -0.25) is 4.79 Å². The molecular formula is C25H22N2O5. The van der Waals surface area contributed by atoms with Crippen LogP contribution in [0.4, 0.5) is 5.69 Å². The molecule has 0 aromatic heterocycles. The lowest BCUT2D eigenvalue weighted by Gasteiger charge is -2.23. The highest BCUT2D eigenvalue weighted by molar-refractivity contribution is 6.00. The molecule has 162 valence electrons. The number of ketones is 1. The summed E-state index contributed by atoms with van der Waals surface area (Å²) in [6.45, 7) is 3.76. The molecule has 0 N–H and O–H groups in total. The molecule has 7 nitrogen and oxygen atoms in total. The predicted octanol–water partition coefficient (Wildman–Crippen LogP) is 3.75. The van der Waals surface area contributed by atoms with E-state index in [1.807, 2.05) is 56.1 Å². The lowest BCUT2D eigenvalue weighted by Crippen LogP contribution is -2.25. The highest BCUT2D eigenvalue weighted by atomic mass is 16.7. The molecule has 0 atom stereocenters. The minimum atomic E-state index is -0.862. The average molecular weight is 430 g/mol. The lowest BCUT2D eigenvalue weighted by atomic mass is 9.83. The number of fused-ring (bicyclic) bond motifs is 2. The van der Waals surface area contributed by atoms with Gasteiger partial charge in [-0.15, -0.1) is 0 Å². The Kier molecular flexibility index (Phi) is 5.45. The molecule has 0 fully saturated rings. The number of para-hydroxylation sites is 1. The number of nitrogens with zero attached hydrogens (tertiary/aromatic N) is 2. The van der Waals surface area contributed by atoms with Crippen LogP contribution in [0.1, 0.15) is 25.0 Å². The third-order valence-corrected chi connectivity index (χ3v) is 5.63. The van der Waals surface area contributed by atoms with Crippen molar-refractivity contribution in [3.8, 4) is 17.6 Å². The maximum Gasteiger partial charge on any atom is 0.349 e. The van der Waals surface area contributed by atoms with Gasteiger partial charge in [0.15, 0.2) is 23.9 Å². The van der Waals surface area contributed by atoms with Gasteiger partial charge in [0.2, 0.25) is 6.79 Å². The van der Waals surface area contributed by atoms with E-state index in [-0.39, 0.29) is 23.6 Å². The largest absolute Gasteiger partial charge is 0.454 e. The fourth-order valence-corrected chi connectivity index (χ4v) is 3.97. The molecule has 0 aliphatic carbocycles. The molecule has 2 aromatic rings. The van der Waals surface area contributed by atoms with E-state index in [1.165, 1.54) is 12.2 Å². The molecule has 0 unspecified atom stereocenters. The van der Waals surface area contributed by atoms with Crippen molar-refractivity contribution in [2.24, 2.45) is 0 Å². The molecule has 7 heteroatoms. The van der Waals surface area contributed by atoms with Gasteiger partial charge in [0.05, 0.1) is 0 Å². The van der Waals surface area contributed by atoms with Crippen LogP contribution in [0, 0.1) is 11.3 Å². The Bertz CT molecular complexity index is 1200. The van der Waals surface area contributed by atoms with Gasteiger partial charge in [-0.1, -0.05) is 38.1 Å². The number of anilines is 1. The van der Waals surface area contributed by atoms with Crippen LogP contribution in [-0.2, 0) is 19.7 Å². The minimum Gasteiger partial charge on any atom is -0.454 e. The fraction of sp³-hybridized carbons (Fsp3) is 0.240. The lowest BCUT2D eigenvalue weighted by molar-refractivity contribution is -0.142. The van der Waals surface area contributed by atoms with E-state index in [0.717, 1.165) is 16.9 Å². The Hall–Kier alpha value is -4.05. The molecule has 0 radical (unpaired) electrons.